The predicted molar refractivity (Wildman–Crippen MR) is 46.5 cm³/mol. The molecular formula is C8H12N4. The zero-order valence-corrected chi connectivity index (χ0v) is 7.12. The minimum atomic E-state index is 0.852. The van der Waals surface area contributed by atoms with Crippen LogP contribution < -0.4 is 5.32 Å². The molecular weight excluding hydrogens is 152 g/mol. The van der Waals surface area contributed by atoms with Crippen LogP contribution in [0.4, 0.5) is 0 Å². The van der Waals surface area contributed by atoms with Crippen molar-refractivity contribution in [2.45, 2.75) is 6.42 Å². The fraction of sp³-hybridized carbons (Fsp3) is 0.500. The van der Waals surface area contributed by atoms with E-state index in [1.165, 1.54) is 5.57 Å². The van der Waals surface area contributed by atoms with E-state index in [1.807, 2.05) is 7.05 Å². The summed E-state index contributed by atoms with van der Waals surface area (Å²) in [5.74, 6) is 0.852. The van der Waals surface area contributed by atoms with Gasteiger partial charge in [0.25, 0.3) is 0 Å². The van der Waals surface area contributed by atoms with E-state index in [2.05, 4.69) is 21.5 Å². The van der Waals surface area contributed by atoms with E-state index in [1.54, 1.807) is 11.0 Å². The maximum Gasteiger partial charge on any atom is 0.177 e. The van der Waals surface area contributed by atoms with Gasteiger partial charge in [-0.25, -0.2) is 4.98 Å². The van der Waals surface area contributed by atoms with Crippen LogP contribution in [-0.2, 0) is 7.05 Å². The normalized spacial score (nSPS) is 17.6. The van der Waals surface area contributed by atoms with E-state index in [0.717, 1.165) is 25.3 Å². The lowest BCUT2D eigenvalue weighted by Gasteiger charge is -2.10. The van der Waals surface area contributed by atoms with Crippen molar-refractivity contribution in [3.63, 3.8) is 0 Å². The quantitative estimate of drug-likeness (QED) is 0.644. The van der Waals surface area contributed by atoms with Gasteiger partial charge in [0.2, 0.25) is 0 Å². The van der Waals surface area contributed by atoms with Crippen molar-refractivity contribution < 1.29 is 0 Å². The lowest BCUT2D eigenvalue weighted by atomic mass is 10.1. The molecule has 0 aromatic carbocycles. The van der Waals surface area contributed by atoms with Crippen LogP contribution in [-0.4, -0.2) is 27.9 Å². The van der Waals surface area contributed by atoms with E-state index >= 15 is 0 Å². The van der Waals surface area contributed by atoms with Gasteiger partial charge in [0, 0.05) is 19.2 Å². The molecule has 64 valence electrons. The van der Waals surface area contributed by atoms with Crippen molar-refractivity contribution in [3.8, 4) is 0 Å². The summed E-state index contributed by atoms with van der Waals surface area (Å²) in [4.78, 5) is 4.18. The smallest absolute Gasteiger partial charge is 0.177 e. The third kappa shape index (κ3) is 1.38. The van der Waals surface area contributed by atoms with Crippen molar-refractivity contribution in [1.29, 1.82) is 0 Å². The van der Waals surface area contributed by atoms with E-state index in [9.17, 15) is 0 Å². The Morgan fingerprint density at radius 3 is 3.08 bits per heavy atom. The average molecular weight is 164 g/mol. The van der Waals surface area contributed by atoms with Gasteiger partial charge in [-0.05, 0) is 13.0 Å². The summed E-state index contributed by atoms with van der Waals surface area (Å²) < 4.78 is 1.73. The van der Waals surface area contributed by atoms with Gasteiger partial charge in [0.1, 0.15) is 6.33 Å². The monoisotopic (exact) mass is 164 g/mol. The molecule has 0 aliphatic carbocycles. The number of rotatable bonds is 1. The molecule has 1 aliphatic rings. The van der Waals surface area contributed by atoms with E-state index < -0.39 is 0 Å². The highest BCUT2D eigenvalue weighted by molar-refractivity contribution is 5.61. The molecule has 12 heavy (non-hydrogen) atoms. The highest BCUT2D eigenvalue weighted by Gasteiger charge is 2.08. The molecule has 1 aliphatic heterocycles. The zero-order valence-electron chi connectivity index (χ0n) is 7.12. The van der Waals surface area contributed by atoms with Gasteiger partial charge in [-0.1, -0.05) is 6.08 Å². The summed E-state index contributed by atoms with van der Waals surface area (Å²) in [6.45, 7) is 1.96. The zero-order chi connectivity index (χ0) is 8.39. The van der Waals surface area contributed by atoms with Gasteiger partial charge in [-0.3, -0.25) is 4.68 Å². The van der Waals surface area contributed by atoms with Crippen molar-refractivity contribution in [2.24, 2.45) is 7.05 Å². The molecule has 1 N–H and O–H groups in total. The fourth-order valence-electron chi connectivity index (χ4n) is 1.30. The number of hydrogen-bond acceptors (Lipinski definition) is 3. The van der Waals surface area contributed by atoms with Crippen LogP contribution in [0.1, 0.15) is 12.2 Å². The van der Waals surface area contributed by atoms with E-state index in [4.69, 9.17) is 0 Å². The summed E-state index contributed by atoms with van der Waals surface area (Å²) in [6, 6.07) is 0. The second-order valence-electron chi connectivity index (χ2n) is 2.94. The molecule has 1 aromatic rings. The second-order valence-corrected chi connectivity index (χ2v) is 2.94. The van der Waals surface area contributed by atoms with Crippen LogP contribution in [0.25, 0.3) is 5.57 Å². The van der Waals surface area contributed by atoms with Gasteiger partial charge in [0.05, 0.1) is 0 Å². The molecule has 0 radical (unpaired) electrons. The molecule has 0 amide bonds. The molecule has 4 heteroatoms. The number of nitrogens with one attached hydrogen (secondary N) is 1. The lowest BCUT2D eigenvalue weighted by Crippen LogP contribution is -2.21. The maximum absolute atomic E-state index is 4.23. The Morgan fingerprint density at radius 2 is 2.50 bits per heavy atom. The van der Waals surface area contributed by atoms with Gasteiger partial charge in [-0.2, -0.15) is 5.10 Å². The SMILES string of the molecule is Cn1cnc(C2=CCCNC2)n1. The minimum absolute atomic E-state index is 0.852. The van der Waals surface area contributed by atoms with Crippen LogP contribution in [0, 0.1) is 0 Å². The van der Waals surface area contributed by atoms with Crippen LogP contribution in [0.3, 0.4) is 0 Å². The first-order valence-electron chi connectivity index (χ1n) is 4.12. The molecule has 0 spiro atoms. The highest BCUT2D eigenvalue weighted by Crippen LogP contribution is 2.10. The molecule has 4 nitrogen and oxygen atoms in total. The number of aromatic nitrogens is 3. The summed E-state index contributed by atoms with van der Waals surface area (Å²) in [5.41, 5.74) is 1.21. The third-order valence-electron chi connectivity index (χ3n) is 1.91. The molecule has 2 rings (SSSR count). The molecule has 0 unspecified atom stereocenters. The Balaban J connectivity index is 2.23. The Morgan fingerprint density at radius 1 is 1.58 bits per heavy atom. The fourth-order valence-corrected chi connectivity index (χ4v) is 1.30. The van der Waals surface area contributed by atoms with Crippen LogP contribution in [0.5, 0.6) is 0 Å². The number of aryl methyl sites for hydroxylation is 1. The molecule has 1 aromatic heterocycles. The summed E-state index contributed by atoms with van der Waals surface area (Å²) in [5, 5.41) is 7.52. The third-order valence-corrected chi connectivity index (χ3v) is 1.91. The first kappa shape index (κ1) is 7.49. The minimum Gasteiger partial charge on any atom is -0.312 e. The summed E-state index contributed by atoms with van der Waals surface area (Å²) in [7, 11) is 1.88. The Labute approximate surface area is 71.3 Å². The summed E-state index contributed by atoms with van der Waals surface area (Å²) in [6.07, 6.45) is 5.00. The van der Waals surface area contributed by atoms with Crippen LogP contribution in [0.15, 0.2) is 12.4 Å². The molecule has 0 fully saturated rings. The Bertz CT molecular complexity index is 300. The van der Waals surface area contributed by atoms with Gasteiger partial charge < -0.3 is 5.32 Å². The predicted octanol–water partition coefficient (Wildman–Crippen LogP) is 0.192. The first-order chi connectivity index (χ1) is 5.86. The Hall–Kier alpha value is -1.16. The van der Waals surface area contributed by atoms with E-state index in [0.29, 0.717) is 0 Å². The maximum atomic E-state index is 4.23. The van der Waals surface area contributed by atoms with Crippen molar-refractivity contribution in [3.05, 3.63) is 18.2 Å². The molecule has 0 saturated heterocycles. The average Bonchev–Trinajstić information content (AvgIpc) is 2.54. The Kier molecular flexibility index (Phi) is 1.91. The lowest BCUT2D eigenvalue weighted by molar-refractivity contribution is 0.726. The van der Waals surface area contributed by atoms with E-state index in [-0.39, 0.29) is 0 Å². The first-order valence-corrected chi connectivity index (χ1v) is 4.12. The highest BCUT2D eigenvalue weighted by atomic mass is 15.3. The van der Waals surface area contributed by atoms with Gasteiger partial charge >= 0.3 is 0 Å². The van der Waals surface area contributed by atoms with Crippen molar-refractivity contribution in [1.82, 2.24) is 20.1 Å². The molecule has 0 saturated carbocycles. The van der Waals surface area contributed by atoms with Crippen molar-refractivity contribution >= 4 is 5.57 Å². The second kappa shape index (κ2) is 3.06. The standard InChI is InChI=1S/C8H12N4/c1-12-6-10-8(11-12)7-3-2-4-9-5-7/h3,6,9H,2,4-5H2,1H3. The largest absolute Gasteiger partial charge is 0.312 e. The van der Waals surface area contributed by atoms with Gasteiger partial charge in [-0.15, -0.1) is 0 Å². The number of nitrogens with zero attached hydrogens (tertiary/aromatic N) is 3. The van der Waals surface area contributed by atoms with Gasteiger partial charge in [0.15, 0.2) is 5.82 Å². The van der Waals surface area contributed by atoms with Crippen molar-refractivity contribution in [2.75, 3.05) is 13.1 Å². The number of hydrogen-bond donors (Lipinski definition) is 1. The van der Waals surface area contributed by atoms with Crippen LogP contribution in [0.2, 0.25) is 0 Å². The molecule has 0 bridgehead atoms. The molecule has 0 atom stereocenters. The summed E-state index contributed by atoms with van der Waals surface area (Å²) >= 11 is 0. The molecule has 2 heterocycles. The van der Waals surface area contributed by atoms with Crippen LogP contribution >= 0.6 is 0 Å². The topological polar surface area (TPSA) is 42.7 Å².